The fraction of sp³-hybridized carbons (Fsp3) is 0.429. The third-order valence-corrected chi connectivity index (χ3v) is 2.97. The standard InChI is InChI=1S/C14H19N3O/c1-3-6-11(2)16-14(18)9-17-10-15-12-7-4-5-8-13(12)17/h4-5,7-8,10-11H,3,6,9H2,1-2H3,(H,16,18). The van der Waals surface area contributed by atoms with Gasteiger partial charge in [-0.3, -0.25) is 4.79 Å². The highest BCUT2D eigenvalue weighted by Crippen LogP contribution is 2.11. The van der Waals surface area contributed by atoms with Crippen molar-refractivity contribution >= 4 is 16.9 Å². The van der Waals surface area contributed by atoms with Gasteiger partial charge in [0.25, 0.3) is 0 Å². The van der Waals surface area contributed by atoms with Gasteiger partial charge in [-0.25, -0.2) is 4.98 Å². The topological polar surface area (TPSA) is 46.9 Å². The van der Waals surface area contributed by atoms with Gasteiger partial charge in [-0.15, -0.1) is 0 Å². The second-order valence-electron chi connectivity index (χ2n) is 4.62. The third kappa shape index (κ3) is 2.88. The Balaban J connectivity index is 2.03. The number of nitrogens with zero attached hydrogens (tertiary/aromatic N) is 2. The van der Waals surface area contributed by atoms with Crippen molar-refractivity contribution in [2.45, 2.75) is 39.3 Å². The molecule has 4 nitrogen and oxygen atoms in total. The molecule has 0 saturated heterocycles. The van der Waals surface area contributed by atoms with Crippen LogP contribution in [0.5, 0.6) is 0 Å². The number of nitrogens with one attached hydrogen (secondary N) is 1. The number of para-hydroxylation sites is 2. The Morgan fingerprint density at radius 3 is 3.00 bits per heavy atom. The number of benzene rings is 1. The fourth-order valence-corrected chi connectivity index (χ4v) is 2.12. The zero-order valence-corrected chi connectivity index (χ0v) is 10.9. The Morgan fingerprint density at radius 1 is 1.44 bits per heavy atom. The number of carbonyl (C=O) groups is 1. The van der Waals surface area contributed by atoms with Gasteiger partial charge in [0.05, 0.1) is 17.4 Å². The molecule has 0 aliphatic rings. The smallest absolute Gasteiger partial charge is 0.240 e. The van der Waals surface area contributed by atoms with Crippen LogP contribution in [0.3, 0.4) is 0 Å². The summed E-state index contributed by atoms with van der Waals surface area (Å²) in [6.45, 7) is 4.48. The van der Waals surface area contributed by atoms with Crippen LogP contribution >= 0.6 is 0 Å². The van der Waals surface area contributed by atoms with E-state index in [1.165, 1.54) is 0 Å². The van der Waals surface area contributed by atoms with Gasteiger partial charge in [0.15, 0.2) is 0 Å². The Kier molecular flexibility index (Phi) is 3.97. The maximum absolute atomic E-state index is 11.9. The minimum atomic E-state index is 0.0408. The van der Waals surface area contributed by atoms with Crippen LogP contribution < -0.4 is 5.32 Å². The van der Waals surface area contributed by atoms with E-state index in [0.29, 0.717) is 6.54 Å². The molecule has 2 rings (SSSR count). The lowest BCUT2D eigenvalue weighted by Crippen LogP contribution is -2.34. The highest BCUT2D eigenvalue weighted by Gasteiger charge is 2.09. The molecule has 1 heterocycles. The summed E-state index contributed by atoms with van der Waals surface area (Å²) in [6, 6.07) is 8.06. The molecule has 2 aromatic rings. The molecule has 0 aliphatic carbocycles. The van der Waals surface area contributed by atoms with Gasteiger partial charge < -0.3 is 9.88 Å². The summed E-state index contributed by atoms with van der Waals surface area (Å²) in [6.07, 6.45) is 3.81. The average Bonchev–Trinajstić information content (AvgIpc) is 2.73. The molecule has 1 unspecified atom stereocenters. The van der Waals surface area contributed by atoms with E-state index in [4.69, 9.17) is 0 Å². The van der Waals surface area contributed by atoms with Crippen LogP contribution in [0.2, 0.25) is 0 Å². The second kappa shape index (κ2) is 5.67. The SMILES string of the molecule is CCCC(C)NC(=O)Cn1cnc2ccccc21. The van der Waals surface area contributed by atoms with Crippen molar-refractivity contribution in [3.63, 3.8) is 0 Å². The van der Waals surface area contributed by atoms with Crippen LogP contribution in [-0.2, 0) is 11.3 Å². The lowest BCUT2D eigenvalue weighted by Gasteiger charge is -2.13. The Labute approximate surface area is 107 Å². The van der Waals surface area contributed by atoms with Gasteiger partial charge in [-0.05, 0) is 25.5 Å². The number of fused-ring (bicyclic) bond motifs is 1. The molecule has 4 heteroatoms. The van der Waals surface area contributed by atoms with Crippen LogP contribution in [0.1, 0.15) is 26.7 Å². The van der Waals surface area contributed by atoms with Crippen molar-refractivity contribution in [3.05, 3.63) is 30.6 Å². The van der Waals surface area contributed by atoms with E-state index in [0.717, 1.165) is 23.9 Å². The van der Waals surface area contributed by atoms with E-state index in [9.17, 15) is 4.79 Å². The van der Waals surface area contributed by atoms with E-state index >= 15 is 0 Å². The Morgan fingerprint density at radius 2 is 2.22 bits per heavy atom. The van der Waals surface area contributed by atoms with Crippen molar-refractivity contribution in [2.75, 3.05) is 0 Å². The van der Waals surface area contributed by atoms with E-state index in [1.54, 1.807) is 6.33 Å². The molecule has 0 bridgehead atoms. The van der Waals surface area contributed by atoms with Gasteiger partial charge in [-0.2, -0.15) is 0 Å². The van der Waals surface area contributed by atoms with Crippen LogP contribution in [0.4, 0.5) is 0 Å². The summed E-state index contributed by atoms with van der Waals surface area (Å²) in [5, 5.41) is 3.00. The van der Waals surface area contributed by atoms with Crippen molar-refractivity contribution in [1.82, 2.24) is 14.9 Å². The summed E-state index contributed by atoms with van der Waals surface area (Å²) >= 11 is 0. The first kappa shape index (κ1) is 12.6. The molecule has 0 spiro atoms. The normalized spacial score (nSPS) is 12.6. The highest BCUT2D eigenvalue weighted by molar-refractivity contribution is 5.80. The quantitative estimate of drug-likeness (QED) is 0.879. The average molecular weight is 245 g/mol. The molecule has 1 aromatic heterocycles. The lowest BCUT2D eigenvalue weighted by molar-refractivity contribution is -0.122. The molecule has 96 valence electrons. The summed E-state index contributed by atoms with van der Waals surface area (Å²) in [4.78, 5) is 16.1. The van der Waals surface area contributed by atoms with E-state index < -0.39 is 0 Å². The first-order chi connectivity index (χ1) is 8.70. The highest BCUT2D eigenvalue weighted by atomic mass is 16.2. The Bertz CT molecular complexity index is 533. The molecule has 0 fully saturated rings. The van der Waals surface area contributed by atoms with Crippen LogP contribution in [0, 0.1) is 0 Å². The van der Waals surface area contributed by atoms with Crippen LogP contribution in [0.25, 0.3) is 11.0 Å². The molecule has 0 saturated carbocycles. The zero-order chi connectivity index (χ0) is 13.0. The van der Waals surface area contributed by atoms with Crippen LogP contribution in [-0.4, -0.2) is 21.5 Å². The number of rotatable bonds is 5. The van der Waals surface area contributed by atoms with Gasteiger partial charge in [0, 0.05) is 6.04 Å². The van der Waals surface area contributed by atoms with E-state index in [2.05, 4.69) is 17.2 Å². The number of amides is 1. The van der Waals surface area contributed by atoms with Gasteiger partial charge in [-0.1, -0.05) is 25.5 Å². The minimum Gasteiger partial charge on any atom is -0.352 e. The minimum absolute atomic E-state index is 0.0408. The summed E-state index contributed by atoms with van der Waals surface area (Å²) < 4.78 is 1.88. The second-order valence-corrected chi connectivity index (χ2v) is 4.62. The molecule has 18 heavy (non-hydrogen) atoms. The van der Waals surface area contributed by atoms with Crippen molar-refractivity contribution in [2.24, 2.45) is 0 Å². The number of imidazole rings is 1. The molecule has 1 aromatic carbocycles. The number of aromatic nitrogens is 2. The predicted molar refractivity (Wildman–Crippen MR) is 72.2 cm³/mol. The zero-order valence-electron chi connectivity index (χ0n) is 10.9. The van der Waals surface area contributed by atoms with Crippen molar-refractivity contribution in [3.8, 4) is 0 Å². The summed E-state index contributed by atoms with van der Waals surface area (Å²) in [7, 11) is 0. The molecule has 1 atom stereocenters. The lowest BCUT2D eigenvalue weighted by atomic mass is 10.2. The predicted octanol–water partition coefficient (Wildman–Crippen LogP) is 2.34. The molecule has 0 radical (unpaired) electrons. The number of hydrogen-bond acceptors (Lipinski definition) is 2. The van der Waals surface area contributed by atoms with Gasteiger partial charge >= 0.3 is 0 Å². The molecular formula is C14H19N3O. The maximum Gasteiger partial charge on any atom is 0.240 e. The fourth-order valence-electron chi connectivity index (χ4n) is 2.12. The monoisotopic (exact) mass is 245 g/mol. The number of carbonyl (C=O) groups excluding carboxylic acids is 1. The maximum atomic E-state index is 11.9. The Hall–Kier alpha value is -1.84. The molecular weight excluding hydrogens is 226 g/mol. The third-order valence-electron chi connectivity index (χ3n) is 2.97. The summed E-state index contributed by atoms with van der Waals surface area (Å²) in [5.41, 5.74) is 1.92. The first-order valence-corrected chi connectivity index (χ1v) is 6.40. The van der Waals surface area contributed by atoms with Crippen LogP contribution in [0.15, 0.2) is 30.6 Å². The molecule has 0 aliphatic heterocycles. The van der Waals surface area contributed by atoms with Gasteiger partial charge in [0.2, 0.25) is 5.91 Å². The summed E-state index contributed by atoms with van der Waals surface area (Å²) in [5.74, 6) is 0.0408. The van der Waals surface area contributed by atoms with E-state index in [1.807, 2.05) is 35.8 Å². The molecule has 1 N–H and O–H groups in total. The van der Waals surface area contributed by atoms with Gasteiger partial charge in [0.1, 0.15) is 6.54 Å². The van der Waals surface area contributed by atoms with Crippen molar-refractivity contribution < 1.29 is 4.79 Å². The largest absolute Gasteiger partial charge is 0.352 e. The first-order valence-electron chi connectivity index (χ1n) is 6.40. The molecule has 1 amide bonds. The number of hydrogen-bond donors (Lipinski definition) is 1. The van der Waals surface area contributed by atoms with E-state index in [-0.39, 0.29) is 11.9 Å². The van der Waals surface area contributed by atoms with Crippen molar-refractivity contribution in [1.29, 1.82) is 0 Å².